The van der Waals surface area contributed by atoms with Crippen molar-refractivity contribution >= 4 is 11.7 Å². The Balaban J connectivity index is 1.73. The molecule has 2 aromatic heterocycles. The number of nitrogens with one attached hydrogen (secondary N) is 1. The van der Waals surface area contributed by atoms with Crippen LogP contribution in [0.3, 0.4) is 0 Å². The van der Waals surface area contributed by atoms with Crippen LogP contribution in [0.4, 0.5) is 10.5 Å². The van der Waals surface area contributed by atoms with E-state index in [1.807, 2.05) is 43.0 Å². The van der Waals surface area contributed by atoms with Crippen LogP contribution < -0.4 is 5.32 Å². The van der Waals surface area contributed by atoms with E-state index in [4.69, 9.17) is 4.42 Å². The lowest BCUT2D eigenvalue weighted by atomic mass is 10.2. The monoisotopic (exact) mass is 313 g/mol. The van der Waals surface area contributed by atoms with E-state index in [1.54, 1.807) is 6.20 Å². The highest BCUT2D eigenvalue weighted by atomic mass is 16.3. The summed E-state index contributed by atoms with van der Waals surface area (Å²) in [5, 5.41) is 2.96. The number of carbonyl (C=O) groups excluding carboxylic acids is 1. The standard InChI is InChI=1S/C18H23N3O2/c1-13-7-9-15(11-19-13)20-18(22)21(16-5-3-4-6-16)12-17-10-8-14(2)23-17/h7-11,16H,3-6,12H2,1-2H3,(H,20,22). The third kappa shape index (κ3) is 3.92. The predicted octanol–water partition coefficient (Wildman–Crippen LogP) is 4.27. The summed E-state index contributed by atoms with van der Waals surface area (Å²) in [6.45, 7) is 4.35. The quantitative estimate of drug-likeness (QED) is 0.917. The van der Waals surface area contributed by atoms with Gasteiger partial charge < -0.3 is 14.6 Å². The molecule has 0 unspecified atom stereocenters. The number of urea groups is 1. The summed E-state index contributed by atoms with van der Waals surface area (Å²) in [7, 11) is 0. The van der Waals surface area contributed by atoms with Crippen LogP contribution in [0.15, 0.2) is 34.9 Å². The van der Waals surface area contributed by atoms with Gasteiger partial charge in [-0.3, -0.25) is 4.98 Å². The maximum absolute atomic E-state index is 12.7. The van der Waals surface area contributed by atoms with E-state index in [9.17, 15) is 4.79 Å². The molecular formula is C18H23N3O2. The topological polar surface area (TPSA) is 58.4 Å². The Morgan fingerprint density at radius 3 is 2.65 bits per heavy atom. The summed E-state index contributed by atoms with van der Waals surface area (Å²) in [5.41, 5.74) is 1.65. The van der Waals surface area contributed by atoms with Gasteiger partial charge >= 0.3 is 6.03 Å². The molecule has 1 fully saturated rings. The summed E-state index contributed by atoms with van der Waals surface area (Å²) in [6.07, 6.45) is 6.16. The van der Waals surface area contributed by atoms with Crippen LogP contribution in [0.25, 0.3) is 0 Å². The fourth-order valence-corrected chi connectivity index (χ4v) is 3.06. The van der Waals surface area contributed by atoms with Crippen molar-refractivity contribution in [1.29, 1.82) is 0 Å². The van der Waals surface area contributed by atoms with Crippen molar-refractivity contribution in [2.24, 2.45) is 0 Å². The third-order valence-corrected chi connectivity index (χ3v) is 4.31. The van der Waals surface area contributed by atoms with Gasteiger partial charge in [-0.25, -0.2) is 4.79 Å². The number of anilines is 1. The Morgan fingerprint density at radius 1 is 1.26 bits per heavy atom. The van der Waals surface area contributed by atoms with E-state index >= 15 is 0 Å². The molecule has 5 heteroatoms. The molecule has 1 aliphatic rings. The molecule has 0 saturated heterocycles. The molecule has 0 atom stereocenters. The first-order chi connectivity index (χ1) is 11.1. The van der Waals surface area contributed by atoms with Gasteiger partial charge in [0.15, 0.2) is 0 Å². The second kappa shape index (κ2) is 6.86. The Hall–Kier alpha value is -2.30. The van der Waals surface area contributed by atoms with Gasteiger partial charge in [-0.05, 0) is 51.0 Å². The minimum Gasteiger partial charge on any atom is -0.464 e. The number of pyridine rings is 1. The van der Waals surface area contributed by atoms with Gasteiger partial charge in [0, 0.05) is 11.7 Å². The lowest BCUT2D eigenvalue weighted by Gasteiger charge is -2.28. The minimum absolute atomic E-state index is 0.0865. The van der Waals surface area contributed by atoms with Crippen LogP contribution in [0.1, 0.15) is 42.9 Å². The highest BCUT2D eigenvalue weighted by Crippen LogP contribution is 2.26. The van der Waals surface area contributed by atoms with Gasteiger partial charge in [0.25, 0.3) is 0 Å². The maximum atomic E-state index is 12.7. The molecule has 1 N–H and O–H groups in total. The molecule has 0 radical (unpaired) electrons. The minimum atomic E-state index is -0.0865. The first-order valence-electron chi connectivity index (χ1n) is 8.17. The highest BCUT2D eigenvalue weighted by Gasteiger charge is 2.27. The summed E-state index contributed by atoms with van der Waals surface area (Å²) in [5.74, 6) is 1.70. The van der Waals surface area contributed by atoms with Crippen molar-refractivity contribution in [3.63, 3.8) is 0 Å². The zero-order chi connectivity index (χ0) is 16.2. The van der Waals surface area contributed by atoms with Gasteiger partial charge in [-0.2, -0.15) is 0 Å². The molecule has 2 aromatic rings. The molecule has 5 nitrogen and oxygen atoms in total. The number of hydrogen-bond donors (Lipinski definition) is 1. The zero-order valence-corrected chi connectivity index (χ0v) is 13.7. The molecule has 3 rings (SSSR count). The number of aryl methyl sites for hydroxylation is 2. The second-order valence-electron chi connectivity index (χ2n) is 6.20. The Morgan fingerprint density at radius 2 is 2.04 bits per heavy atom. The average molecular weight is 313 g/mol. The van der Waals surface area contributed by atoms with Crippen LogP contribution in [0.2, 0.25) is 0 Å². The summed E-state index contributed by atoms with van der Waals surface area (Å²) in [6, 6.07) is 7.84. The molecule has 2 heterocycles. The molecule has 2 amide bonds. The predicted molar refractivity (Wildman–Crippen MR) is 89.2 cm³/mol. The van der Waals surface area contributed by atoms with Crippen LogP contribution in [-0.4, -0.2) is 22.0 Å². The van der Waals surface area contributed by atoms with E-state index < -0.39 is 0 Å². The second-order valence-corrected chi connectivity index (χ2v) is 6.20. The fraction of sp³-hybridized carbons (Fsp3) is 0.444. The molecule has 23 heavy (non-hydrogen) atoms. The van der Waals surface area contributed by atoms with E-state index in [2.05, 4.69) is 10.3 Å². The fourth-order valence-electron chi connectivity index (χ4n) is 3.06. The van der Waals surface area contributed by atoms with Crippen LogP contribution in [0, 0.1) is 13.8 Å². The molecule has 1 saturated carbocycles. The number of rotatable bonds is 4. The van der Waals surface area contributed by atoms with Crippen molar-refractivity contribution in [3.05, 3.63) is 47.7 Å². The van der Waals surface area contributed by atoms with Gasteiger partial charge in [0.2, 0.25) is 0 Å². The molecule has 0 aromatic carbocycles. The maximum Gasteiger partial charge on any atom is 0.322 e. The lowest BCUT2D eigenvalue weighted by molar-refractivity contribution is 0.178. The van der Waals surface area contributed by atoms with Crippen molar-refractivity contribution in [2.45, 2.75) is 52.1 Å². The molecule has 0 bridgehead atoms. The third-order valence-electron chi connectivity index (χ3n) is 4.31. The van der Waals surface area contributed by atoms with Gasteiger partial charge in [0.05, 0.1) is 18.4 Å². The van der Waals surface area contributed by atoms with E-state index in [0.29, 0.717) is 6.54 Å². The number of nitrogens with zero attached hydrogens (tertiary/aromatic N) is 2. The highest BCUT2D eigenvalue weighted by molar-refractivity contribution is 5.89. The smallest absolute Gasteiger partial charge is 0.322 e. The average Bonchev–Trinajstić information content (AvgIpc) is 3.18. The number of hydrogen-bond acceptors (Lipinski definition) is 3. The summed E-state index contributed by atoms with van der Waals surface area (Å²) in [4.78, 5) is 18.9. The van der Waals surface area contributed by atoms with Crippen LogP contribution >= 0.6 is 0 Å². The largest absolute Gasteiger partial charge is 0.464 e. The first kappa shape index (κ1) is 15.6. The zero-order valence-electron chi connectivity index (χ0n) is 13.7. The molecule has 122 valence electrons. The molecular weight excluding hydrogens is 290 g/mol. The lowest BCUT2D eigenvalue weighted by Crippen LogP contribution is -2.41. The summed E-state index contributed by atoms with van der Waals surface area (Å²) >= 11 is 0. The number of aromatic nitrogens is 1. The summed E-state index contributed by atoms with van der Waals surface area (Å²) < 4.78 is 5.66. The van der Waals surface area contributed by atoms with Crippen molar-refractivity contribution in [1.82, 2.24) is 9.88 Å². The Kier molecular flexibility index (Phi) is 4.65. The normalized spacial score (nSPS) is 14.9. The van der Waals surface area contributed by atoms with Gasteiger partial charge in [-0.15, -0.1) is 0 Å². The Labute approximate surface area is 136 Å². The van der Waals surface area contributed by atoms with Gasteiger partial charge in [0.1, 0.15) is 11.5 Å². The van der Waals surface area contributed by atoms with E-state index in [-0.39, 0.29) is 12.1 Å². The van der Waals surface area contributed by atoms with E-state index in [1.165, 1.54) is 12.8 Å². The SMILES string of the molecule is Cc1ccc(NC(=O)N(Cc2ccc(C)o2)C2CCCC2)cn1. The number of amides is 2. The number of carbonyl (C=O) groups is 1. The molecule has 0 aliphatic heterocycles. The van der Waals surface area contributed by atoms with Crippen molar-refractivity contribution in [2.75, 3.05) is 5.32 Å². The Bertz CT molecular complexity index is 657. The van der Waals surface area contributed by atoms with Crippen molar-refractivity contribution < 1.29 is 9.21 Å². The van der Waals surface area contributed by atoms with Gasteiger partial charge in [-0.1, -0.05) is 12.8 Å². The van der Waals surface area contributed by atoms with E-state index in [0.717, 1.165) is 35.7 Å². The molecule has 0 spiro atoms. The first-order valence-corrected chi connectivity index (χ1v) is 8.17. The van der Waals surface area contributed by atoms with Crippen LogP contribution in [-0.2, 0) is 6.54 Å². The molecule has 1 aliphatic carbocycles. The number of furan rings is 1. The van der Waals surface area contributed by atoms with Crippen molar-refractivity contribution in [3.8, 4) is 0 Å². The van der Waals surface area contributed by atoms with Crippen LogP contribution in [0.5, 0.6) is 0 Å².